The fourth-order valence-corrected chi connectivity index (χ4v) is 1.87. The number of carbonyl (C=O) groups excluding carboxylic acids is 1. The van der Waals surface area contributed by atoms with E-state index in [9.17, 15) is 4.79 Å². The van der Waals surface area contributed by atoms with Crippen LogP contribution in [0.3, 0.4) is 0 Å². The molecule has 0 atom stereocenters. The second kappa shape index (κ2) is 6.05. The van der Waals surface area contributed by atoms with Gasteiger partial charge >= 0.3 is 0 Å². The summed E-state index contributed by atoms with van der Waals surface area (Å²) in [6, 6.07) is 15.7. The Bertz CT molecular complexity index is 578. The van der Waals surface area contributed by atoms with E-state index in [1.807, 2.05) is 62.4 Å². The lowest BCUT2D eigenvalue weighted by Gasteiger charge is -2.10. The summed E-state index contributed by atoms with van der Waals surface area (Å²) in [7, 11) is 0. The maximum atomic E-state index is 11.8. The Labute approximate surface area is 113 Å². The highest BCUT2D eigenvalue weighted by Crippen LogP contribution is 2.13. The first-order valence-electron chi connectivity index (χ1n) is 6.31. The minimum absolute atomic E-state index is 0.0474. The molecule has 0 spiro atoms. The third-order valence-electron chi connectivity index (χ3n) is 2.89. The molecule has 0 unspecified atom stereocenters. The van der Waals surface area contributed by atoms with Gasteiger partial charge in [-0.15, -0.1) is 0 Å². The quantitative estimate of drug-likeness (QED) is 0.878. The minimum atomic E-state index is -0.0474. The van der Waals surface area contributed by atoms with Gasteiger partial charge in [0.1, 0.15) is 0 Å². The largest absolute Gasteiger partial charge is 0.376 e. The second-order valence-electron chi connectivity index (χ2n) is 4.59. The summed E-state index contributed by atoms with van der Waals surface area (Å²) in [6.07, 6.45) is 0. The number of benzene rings is 2. The number of hydrogen-bond acceptors (Lipinski definition) is 2. The number of rotatable bonds is 4. The van der Waals surface area contributed by atoms with Crippen LogP contribution in [-0.2, 0) is 4.79 Å². The van der Waals surface area contributed by atoms with Crippen molar-refractivity contribution < 1.29 is 4.79 Å². The average molecular weight is 254 g/mol. The first kappa shape index (κ1) is 13.1. The molecule has 2 aromatic rings. The Balaban J connectivity index is 1.90. The van der Waals surface area contributed by atoms with Gasteiger partial charge in [0.2, 0.25) is 5.91 Å². The van der Waals surface area contributed by atoms with Gasteiger partial charge in [0.05, 0.1) is 6.54 Å². The van der Waals surface area contributed by atoms with Crippen molar-refractivity contribution in [2.24, 2.45) is 0 Å². The predicted molar refractivity (Wildman–Crippen MR) is 79.5 cm³/mol. The summed E-state index contributed by atoms with van der Waals surface area (Å²) in [4.78, 5) is 11.8. The summed E-state index contributed by atoms with van der Waals surface area (Å²) in [5, 5.41) is 6.01. The number of para-hydroxylation sites is 1. The average Bonchev–Trinajstić information content (AvgIpc) is 2.38. The molecule has 2 N–H and O–H groups in total. The van der Waals surface area contributed by atoms with Gasteiger partial charge in [-0.2, -0.15) is 0 Å². The Kier molecular flexibility index (Phi) is 4.18. The Morgan fingerprint density at radius 2 is 1.84 bits per heavy atom. The molecule has 0 aliphatic rings. The fraction of sp³-hybridized carbons (Fsp3) is 0.188. The van der Waals surface area contributed by atoms with Crippen LogP contribution in [0.4, 0.5) is 11.4 Å². The van der Waals surface area contributed by atoms with E-state index in [0.29, 0.717) is 0 Å². The van der Waals surface area contributed by atoms with Crippen molar-refractivity contribution in [3.05, 3.63) is 59.7 Å². The van der Waals surface area contributed by atoms with Gasteiger partial charge in [-0.1, -0.05) is 30.3 Å². The number of amides is 1. The molecule has 0 aromatic heterocycles. The number of nitrogens with one attached hydrogen (secondary N) is 2. The third-order valence-corrected chi connectivity index (χ3v) is 2.89. The van der Waals surface area contributed by atoms with Crippen molar-refractivity contribution in [2.45, 2.75) is 13.8 Å². The van der Waals surface area contributed by atoms with E-state index in [1.54, 1.807) is 0 Å². The van der Waals surface area contributed by atoms with E-state index < -0.39 is 0 Å². The number of carbonyl (C=O) groups is 1. The molecule has 0 radical (unpaired) electrons. The Hall–Kier alpha value is -2.29. The van der Waals surface area contributed by atoms with Crippen LogP contribution in [0.2, 0.25) is 0 Å². The first-order chi connectivity index (χ1) is 9.15. The molecule has 0 heterocycles. The van der Waals surface area contributed by atoms with E-state index in [0.717, 1.165) is 22.5 Å². The smallest absolute Gasteiger partial charge is 0.243 e. The lowest BCUT2D eigenvalue weighted by molar-refractivity contribution is -0.114. The molecule has 2 aromatic carbocycles. The van der Waals surface area contributed by atoms with Crippen molar-refractivity contribution in [3.8, 4) is 0 Å². The van der Waals surface area contributed by atoms with Crippen LogP contribution >= 0.6 is 0 Å². The van der Waals surface area contributed by atoms with Crippen LogP contribution in [-0.4, -0.2) is 12.5 Å². The lowest BCUT2D eigenvalue weighted by Crippen LogP contribution is -2.22. The molecule has 1 amide bonds. The van der Waals surface area contributed by atoms with Gasteiger partial charge in [0.15, 0.2) is 0 Å². The maximum absolute atomic E-state index is 11.8. The molecule has 3 nitrogen and oxygen atoms in total. The highest BCUT2D eigenvalue weighted by atomic mass is 16.1. The van der Waals surface area contributed by atoms with Crippen LogP contribution in [0.5, 0.6) is 0 Å². The van der Waals surface area contributed by atoms with Crippen molar-refractivity contribution in [1.82, 2.24) is 0 Å². The van der Waals surface area contributed by atoms with Crippen LogP contribution in [0.1, 0.15) is 11.1 Å². The molecule has 0 fully saturated rings. The van der Waals surface area contributed by atoms with Crippen molar-refractivity contribution in [1.29, 1.82) is 0 Å². The number of hydrogen-bond donors (Lipinski definition) is 2. The molecule has 0 saturated carbocycles. The summed E-state index contributed by atoms with van der Waals surface area (Å²) in [5.74, 6) is -0.0474. The van der Waals surface area contributed by atoms with E-state index >= 15 is 0 Å². The molecule has 0 aliphatic carbocycles. The van der Waals surface area contributed by atoms with Gasteiger partial charge in [-0.05, 0) is 43.2 Å². The molecule has 3 heteroatoms. The summed E-state index contributed by atoms with van der Waals surface area (Å²) in [5.41, 5.74) is 4.08. The van der Waals surface area contributed by atoms with Gasteiger partial charge in [0, 0.05) is 11.4 Å². The van der Waals surface area contributed by atoms with Crippen molar-refractivity contribution >= 4 is 17.3 Å². The van der Waals surface area contributed by atoms with Crippen molar-refractivity contribution in [3.63, 3.8) is 0 Å². The van der Waals surface area contributed by atoms with Gasteiger partial charge in [0.25, 0.3) is 0 Å². The normalized spacial score (nSPS) is 10.0. The molecular formula is C16H18N2O. The first-order valence-corrected chi connectivity index (χ1v) is 6.31. The molecule has 2 rings (SSSR count). The van der Waals surface area contributed by atoms with Gasteiger partial charge in [-0.3, -0.25) is 4.79 Å². The molecular weight excluding hydrogens is 236 g/mol. The summed E-state index contributed by atoms with van der Waals surface area (Å²) >= 11 is 0. The highest BCUT2D eigenvalue weighted by Gasteiger charge is 2.03. The number of anilines is 2. The lowest BCUT2D eigenvalue weighted by atomic mass is 10.2. The minimum Gasteiger partial charge on any atom is -0.376 e. The number of aryl methyl sites for hydroxylation is 2. The second-order valence-corrected chi connectivity index (χ2v) is 4.59. The third kappa shape index (κ3) is 3.85. The zero-order valence-electron chi connectivity index (χ0n) is 11.2. The molecule has 0 aliphatic heterocycles. The zero-order chi connectivity index (χ0) is 13.7. The van der Waals surface area contributed by atoms with E-state index in [1.165, 1.54) is 0 Å². The van der Waals surface area contributed by atoms with Gasteiger partial charge in [-0.25, -0.2) is 0 Å². The molecule has 0 bridgehead atoms. The van der Waals surface area contributed by atoms with Gasteiger partial charge < -0.3 is 10.6 Å². The fourth-order valence-electron chi connectivity index (χ4n) is 1.87. The van der Waals surface area contributed by atoms with Crippen LogP contribution in [0.15, 0.2) is 48.5 Å². The Morgan fingerprint density at radius 3 is 2.58 bits per heavy atom. The summed E-state index contributed by atoms with van der Waals surface area (Å²) < 4.78 is 0. The SMILES string of the molecule is Cc1cccc(NC(=O)CNc2ccccc2C)c1. The summed E-state index contributed by atoms with van der Waals surface area (Å²) in [6.45, 7) is 4.28. The topological polar surface area (TPSA) is 41.1 Å². The van der Waals surface area contributed by atoms with E-state index in [-0.39, 0.29) is 12.5 Å². The maximum Gasteiger partial charge on any atom is 0.243 e. The van der Waals surface area contributed by atoms with E-state index in [4.69, 9.17) is 0 Å². The Morgan fingerprint density at radius 1 is 1.05 bits per heavy atom. The zero-order valence-corrected chi connectivity index (χ0v) is 11.2. The van der Waals surface area contributed by atoms with Crippen LogP contribution in [0.25, 0.3) is 0 Å². The monoisotopic (exact) mass is 254 g/mol. The standard InChI is InChI=1S/C16H18N2O/c1-12-6-5-8-14(10-12)18-16(19)11-17-15-9-4-3-7-13(15)2/h3-10,17H,11H2,1-2H3,(H,18,19). The highest BCUT2D eigenvalue weighted by molar-refractivity contribution is 5.93. The molecule has 98 valence electrons. The van der Waals surface area contributed by atoms with Crippen LogP contribution < -0.4 is 10.6 Å². The predicted octanol–water partition coefficient (Wildman–Crippen LogP) is 3.35. The van der Waals surface area contributed by atoms with Crippen LogP contribution in [0, 0.1) is 13.8 Å². The molecule has 19 heavy (non-hydrogen) atoms. The van der Waals surface area contributed by atoms with Crippen molar-refractivity contribution in [2.75, 3.05) is 17.2 Å². The molecule has 0 saturated heterocycles. The van der Waals surface area contributed by atoms with E-state index in [2.05, 4.69) is 10.6 Å².